The molecule has 5 heteroatoms. The first-order valence-electron chi connectivity index (χ1n) is 6.54. The Morgan fingerprint density at radius 1 is 1.32 bits per heavy atom. The van der Waals surface area contributed by atoms with Gasteiger partial charge in [-0.05, 0) is 31.9 Å². The second-order valence-electron chi connectivity index (χ2n) is 5.00. The lowest BCUT2D eigenvalue weighted by Crippen LogP contribution is -2.45. The molecule has 2 N–H and O–H groups in total. The van der Waals surface area contributed by atoms with Crippen LogP contribution in [0.3, 0.4) is 0 Å². The Morgan fingerprint density at radius 3 is 2.68 bits per heavy atom. The molecule has 19 heavy (non-hydrogen) atoms. The molecule has 5 nitrogen and oxygen atoms in total. The van der Waals surface area contributed by atoms with E-state index < -0.39 is 11.9 Å². The van der Waals surface area contributed by atoms with E-state index >= 15 is 0 Å². The summed E-state index contributed by atoms with van der Waals surface area (Å²) in [6.07, 6.45) is 4.74. The fourth-order valence-electron chi connectivity index (χ4n) is 2.45. The topological polar surface area (TPSA) is 79.3 Å². The highest BCUT2D eigenvalue weighted by Gasteiger charge is 2.31. The predicted molar refractivity (Wildman–Crippen MR) is 69.8 cm³/mol. The fourth-order valence-corrected chi connectivity index (χ4v) is 2.45. The van der Waals surface area contributed by atoms with E-state index in [4.69, 9.17) is 5.11 Å². The molecular formula is C14H18N2O3. The Hall–Kier alpha value is -1.91. The number of pyridine rings is 1. The Balaban J connectivity index is 2.04. The monoisotopic (exact) mass is 262 g/mol. The number of carboxylic acid groups (broad SMARTS) is 1. The van der Waals surface area contributed by atoms with Gasteiger partial charge in [-0.1, -0.05) is 12.8 Å². The molecule has 0 bridgehead atoms. The number of amides is 1. The van der Waals surface area contributed by atoms with Crippen LogP contribution in [0.1, 0.15) is 41.7 Å². The van der Waals surface area contributed by atoms with E-state index in [-0.39, 0.29) is 11.9 Å². The van der Waals surface area contributed by atoms with Crippen LogP contribution in [0.15, 0.2) is 18.3 Å². The zero-order valence-corrected chi connectivity index (χ0v) is 10.9. The van der Waals surface area contributed by atoms with Gasteiger partial charge in [-0.25, -0.2) is 0 Å². The summed E-state index contributed by atoms with van der Waals surface area (Å²) in [6.45, 7) is 1.85. The zero-order valence-electron chi connectivity index (χ0n) is 10.9. The molecule has 2 atom stereocenters. The van der Waals surface area contributed by atoms with Crippen molar-refractivity contribution in [1.82, 2.24) is 10.3 Å². The van der Waals surface area contributed by atoms with Gasteiger partial charge in [0.05, 0.1) is 11.5 Å². The van der Waals surface area contributed by atoms with E-state index in [0.717, 1.165) is 25.0 Å². The number of carbonyl (C=O) groups is 2. The van der Waals surface area contributed by atoms with Crippen LogP contribution in [0.4, 0.5) is 0 Å². The Labute approximate surface area is 112 Å². The largest absolute Gasteiger partial charge is 0.481 e. The molecule has 2 rings (SSSR count). The summed E-state index contributed by atoms with van der Waals surface area (Å²) in [5, 5.41) is 12.0. The molecule has 1 saturated carbocycles. The van der Waals surface area contributed by atoms with Crippen LogP contribution in [0, 0.1) is 12.8 Å². The van der Waals surface area contributed by atoms with Crippen molar-refractivity contribution in [1.29, 1.82) is 0 Å². The molecule has 0 radical (unpaired) electrons. The molecule has 0 saturated heterocycles. The van der Waals surface area contributed by atoms with Crippen molar-refractivity contribution in [3.8, 4) is 0 Å². The van der Waals surface area contributed by atoms with Crippen LogP contribution in [0.2, 0.25) is 0 Å². The van der Waals surface area contributed by atoms with Crippen molar-refractivity contribution >= 4 is 11.9 Å². The second kappa shape index (κ2) is 5.82. The molecule has 1 amide bonds. The second-order valence-corrected chi connectivity index (χ2v) is 5.00. The number of rotatable bonds is 3. The van der Waals surface area contributed by atoms with E-state index in [9.17, 15) is 9.59 Å². The molecule has 1 heterocycles. The summed E-state index contributed by atoms with van der Waals surface area (Å²) in [6, 6.07) is 3.20. The lowest BCUT2D eigenvalue weighted by molar-refractivity contribution is -0.143. The normalized spacial score (nSPS) is 22.8. The van der Waals surface area contributed by atoms with Crippen LogP contribution in [-0.2, 0) is 4.79 Å². The minimum absolute atomic E-state index is 0.245. The molecule has 0 aromatic carbocycles. The summed E-state index contributed by atoms with van der Waals surface area (Å²) < 4.78 is 0. The van der Waals surface area contributed by atoms with Crippen molar-refractivity contribution in [2.24, 2.45) is 5.92 Å². The summed E-state index contributed by atoms with van der Waals surface area (Å²) in [7, 11) is 0. The molecule has 0 spiro atoms. The summed E-state index contributed by atoms with van der Waals surface area (Å²) in [5.74, 6) is -1.55. The standard InChI is InChI=1S/C14H18N2O3/c1-9-6-7-10(8-15-9)13(17)16-12-5-3-2-4-11(12)14(18)19/h6-8,11-12H,2-5H2,1H3,(H,16,17)(H,18,19). The highest BCUT2D eigenvalue weighted by molar-refractivity contribution is 5.94. The van der Waals surface area contributed by atoms with Gasteiger partial charge in [0.2, 0.25) is 0 Å². The van der Waals surface area contributed by atoms with Crippen molar-refractivity contribution in [3.05, 3.63) is 29.6 Å². The average Bonchev–Trinajstić information content (AvgIpc) is 2.39. The van der Waals surface area contributed by atoms with Gasteiger partial charge in [0.15, 0.2) is 0 Å². The Kier molecular flexibility index (Phi) is 4.14. The molecule has 2 unspecified atom stereocenters. The molecule has 1 aliphatic carbocycles. The number of hydrogen-bond acceptors (Lipinski definition) is 3. The van der Waals surface area contributed by atoms with Gasteiger partial charge in [-0.15, -0.1) is 0 Å². The van der Waals surface area contributed by atoms with Gasteiger partial charge in [0.1, 0.15) is 0 Å². The van der Waals surface area contributed by atoms with Gasteiger partial charge >= 0.3 is 5.97 Å². The first kappa shape index (κ1) is 13.5. The van der Waals surface area contributed by atoms with Gasteiger partial charge < -0.3 is 10.4 Å². The van der Waals surface area contributed by atoms with Crippen molar-refractivity contribution in [3.63, 3.8) is 0 Å². The molecule has 0 aliphatic heterocycles. The number of aryl methyl sites for hydroxylation is 1. The molecule has 1 aliphatic rings. The highest BCUT2D eigenvalue weighted by atomic mass is 16.4. The number of aliphatic carboxylic acids is 1. The average molecular weight is 262 g/mol. The lowest BCUT2D eigenvalue weighted by atomic mass is 9.84. The number of nitrogens with one attached hydrogen (secondary N) is 1. The minimum Gasteiger partial charge on any atom is -0.481 e. The summed E-state index contributed by atoms with van der Waals surface area (Å²) in [4.78, 5) is 27.3. The highest BCUT2D eigenvalue weighted by Crippen LogP contribution is 2.24. The first-order valence-corrected chi connectivity index (χ1v) is 6.54. The molecule has 102 valence electrons. The number of carbonyl (C=O) groups excluding carboxylic acids is 1. The Bertz CT molecular complexity index is 470. The molecule has 1 fully saturated rings. The third-order valence-corrected chi connectivity index (χ3v) is 3.57. The fraction of sp³-hybridized carbons (Fsp3) is 0.500. The molecule has 1 aromatic heterocycles. The maximum Gasteiger partial charge on any atom is 0.308 e. The number of carboxylic acids is 1. The summed E-state index contributed by atoms with van der Waals surface area (Å²) >= 11 is 0. The molecular weight excluding hydrogens is 244 g/mol. The van der Waals surface area contributed by atoms with E-state index in [1.165, 1.54) is 6.20 Å². The summed E-state index contributed by atoms with van der Waals surface area (Å²) in [5.41, 5.74) is 1.32. The van der Waals surface area contributed by atoms with Gasteiger partial charge in [-0.3, -0.25) is 14.6 Å². The van der Waals surface area contributed by atoms with E-state index in [1.54, 1.807) is 12.1 Å². The van der Waals surface area contributed by atoms with Gasteiger partial charge in [0, 0.05) is 17.9 Å². The third kappa shape index (κ3) is 3.30. The van der Waals surface area contributed by atoms with E-state index in [1.807, 2.05) is 6.92 Å². The maximum absolute atomic E-state index is 12.0. The van der Waals surface area contributed by atoms with Crippen LogP contribution >= 0.6 is 0 Å². The quantitative estimate of drug-likeness (QED) is 0.870. The zero-order chi connectivity index (χ0) is 13.8. The SMILES string of the molecule is Cc1ccc(C(=O)NC2CCCCC2C(=O)O)cn1. The number of hydrogen-bond donors (Lipinski definition) is 2. The van der Waals surface area contributed by atoms with E-state index in [0.29, 0.717) is 12.0 Å². The lowest BCUT2D eigenvalue weighted by Gasteiger charge is -2.29. The van der Waals surface area contributed by atoms with Gasteiger partial charge in [-0.2, -0.15) is 0 Å². The van der Waals surface area contributed by atoms with Crippen molar-refractivity contribution in [2.45, 2.75) is 38.6 Å². The Morgan fingerprint density at radius 2 is 2.05 bits per heavy atom. The van der Waals surface area contributed by atoms with E-state index in [2.05, 4.69) is 10.3 Å². The van der Waals surface area contributed by atoms with Crippen LogP contribution in [0.5, 0.6) is 0 Å². The number of nitrogens with zero attached hydrogens (tertiary/aromatic N) is 1. The van der Waals surface area contributed by atoms with Crippen molar-refractivity contribution in [2.75, 3.05) is 0 Å². The first-order chi connectivity index (χ1) is 9.08. The van der Waals surface area contributed by atoms with Crippen LogP contribution in [0.25, 0.3) is 0 Å². The predicted octanol–water partition coefficient (Wildman–Crippen LogP) is 1.76. The van der Waals surface area contributed by atoms with Crippen LogP contribution in [-0.4, -0.2) is 28.0 Å². The van der Waals surface area contributed by atoms with Crippen LogP contribution < -0.4 is 5.32 Å². The minimum atomic E-state index is -0.827. The van der Waals surface area contributed by atoms with Crippen molar-refractivity contribution < 1.29 is 14.7 Å². The number of aromatic nitrogens is 1. The third-order valence-electron chi connectivity index (χ3n) is 3.57. The smallest absolute Gasteiger partial charge is 0.308 e. The molecule has 1 aromatic rings. The maximum atomic E-state index is 12.0. The van der Waals surface area contributed by atoms with Gasteiger partial charge in [0.25, 0.3) is 5.91 Å².